The van der Waals surface area contributed by atoms with Crippen molar-refractivity contribution in [1.29, 1.82) is 0 Å². The molecule has 2 aliphatic heterocycles. The van der Waals surface area contributed by atoms with Gasteiger partial charge in [-0.25, -0.2) is 0 Å². The van der Waals surface area contributed by atoms with E-state index in [0.29, 0.717) is 0 Å². The summed E-state index contributed by atoms with van der Waals surface area (Å²) in [5.74, 6) is 0. The smallest absolute Gasteiger partial charge is 0.187 e. The predicted molar refractivity (Wildman–Crippen MR) is 99.6 cm³/mol. The quantitative estimate of drug-likeness (QED) is 0.231. The lowest BCUT2D eigenvalue weighted by Gasteiger charge is -2.46. The van der Waals surface area contributed by atoms with Gasteiger partial charge in [-0.15, -0.1) is 0 Å². The average molecular weight is 431 g/mol. The van der Waals surface area contributed by atoms with E-state index in [-0.39, 0.29) is 6.61 Å². The third-order valence-electron chi connectivity index (χ3n) is 5.30. The van der Waals surface area contributed by atoms with Crippen molar-refractivity contribution in [3.05, 3.63) is 35.9 Å². The number of nitrogens with two attached hydrogens (primary N) is 1. The average Bonchev–Trinajstić information content (AvgIpc) is 2.76. The molecule has 2 saturated heterocycles. The van der Waals surface area contributed by atoms with Crippen molar-refractivity contribution in [2.45, 2.75) is 68.0 Å². The summed E-state index contributed by atoms with van der Waals surface area (Å²) in [6.45, 7) is -1.02. The molecule has 0 radical (unpaired) electrons. The Hall–Kier alpha value is -1.22. The van der Waals surface area contributed by atoms with Crippen LogP contribution >= 0.6 is 0 Å². The maximum atomic E-state index is 10.5. The maximum Gasteiger partial charge on any atom is 0.187 e. The monoisotopic (exact) mass is 431 g/mol. The summed E-state index contributed by atoms with van der Waals surface area (Å²) in [6.07, 6.45) is -12.3. The third kappa shape index (κ3) is 4.98. The van der Waals surface area contributed by atoms with E-state index in [1.165, 1.54) is 0 Å². The minimum Gasteiger partial charge on any atom is -0.394 e. The van der Waals surface area contributed by atoms with Crippen LogP contribution in [0.15, 0.2) is 30.3 Å². The summed E-state index contributed by atoms with van der Waals surface area (Å²) < 4.78 is 22.2. The van der Waals surface area contributed by atoms with Crippen LogP contribution in [0.5, 0.6) is 0 Å². The van der Waals surface area contributed by atoms with Gasteiger partial charge in [0.05, 0.1) is 25.9 Å². The van der Waals surface area contributed by atoms with Crippen LogP contribution in [0.2, 0.25) is 0 Å². The molecule has 4 unspecified atom stereocenters. The summed E-state index contributed by atoms with van der Waals surface area (Å²) in [4.78, 5) is 0. The standard InChI is InChI=1S/C19H29NO10/c20-12-17(30-19-16(26)15(25)13(23)10(6-21)29-19)14(24)11(7-22)28-18(12)27-8-9-4-2-1-3-5-9/h1-5,10-19,21-26H,6-8,20H2/t10?,11?,12?,13-,14+,15-,16?,17+,18+,19-/m0/s1. The second-order valence-corrected chi connectivity index (χ2v) is 7.39. The highest BCUT2D eigenvalue weighted by Crippen LogP contribution is 2.29. The summed E-state index contributed by atoms with van der Waals surface area (Å²) >= 11 is 0. The Balaban J connectivity index is 1.71. The molecule has 10 atom stereocenters. The van der Waals surface area contributed by atoms with Crippen LogP contribution in [0, 0.1) is 0 Å². The first kappa shape index (κ1) is 23.4. The number of aliphatic hydroxyl groups excluding tert-OH is 6. The number of rotatable bonds is 7. The van der Waals surface area contributed by atoms with Gasteiger partial charge in [0.2, 0.25) is 0 Å². The van der Waals surface area contributed by atoms with Crippen molar-refractivity contribution in [2.75, 3.05) is 13.2 Å². The van der Waals surface area contributed by atoms with Gasteiger partial charge < -0.3 is 55.3 Å². The number of hydrogen-bond acceptors (Lipinski definition) is 11. The van der Waals surface area contributed by atoms with Gasteiger partial charge in [-0.1, -0.05) is 30.3 Å². The number of benzene rings is 1. The van der Waals surface area contributed by atoms with Gasteiger partial charge in [0.25, 0.3) is 0 Å². The highest BCUT2D eigenvalue weighted by Gasteiger charge is 2.50. The van der Waals surface area contributed by atoms with E-state index >= 15 is 0 Å². The Bertz CT molecular complexity index is 649. The molecule has 0 bridgehead atoms. The molecule has 0 aromatic heterocycles. The molecule has 11 nitrogen and oxygen atoms in total. The van der Waals surface area contributed by atoms with Crippen molar-refractivity contribution in [3.8, 4) is 0 Å². The van der Waals surface area contributed by atoms with E-state index in [9.17, 15) is 30.6 Å². The van der Waals surface area contributed by atoms with Crippen LogP contribution in [0.3, 0.4) is 0 Å². The lowest BCUT2D eigenvalue weighted by Crippen LogP contribution is -2.66. The van der Waals surface area contributed by atoms with Crippen LogP contribution in [-0.4, -0.2) is 105 Å². The zero-order valence-corrected chi connectivity index (χ0v) is 16.2. The summed E-state index contributed by atoms with van der Waals surface area (Å²) in [7, 11) is 0. The third-order valence-corrected chi connectivity index (χ3v) is 5.30. The first-order chi connectivity index (χ1) is 14.4. The van der Waals surface area contributed by atoms with Gasteiger partial charge in [-0.05, 0) is 5.56 Å². The van der Waals surface area contributed by atoms with E-state index in [4.69, 9.17) is 24.7 Å². The molecule has 3 rings (SSSR count). The molecule has 0 saturated carbocycles. The number of ether oxygens (including phenoxy) is 4. The van der Waals surface area contributed by atoms with Crippen LogP contribution in [0.1, 0.15) is 5.56 Å². The Labute approximate surface area is 173 Å². The normalized spacial score (nSPS) is 42.2. The van der Waals surface area contributed by atoms with Crippen LogP contribution in [0.25, 0.3) is 0 Å². The van der Waals surface area contributed by atoms with Gasteiger partial charge in [0.15, 0.2) is 12.6 Å². The summed E-state index contributed by atoms with van der Waals surface area (Å²) in [5, 5.41) is 59.4. The van der Waals surface area contributed by atoms with Gasteiger partial charge in [-0.3, -0.25) is 0 Å². The van der Waals surface area contributed by atoms with Crippen molar-refractivity contribution < 1.29 is 49.6 Å². The predicted octanol–water partition coefficient (Wildman–Crippen LogP) is -3.21. The van der Waals surface area contributed by atoms with Crippen molar-refractivity contribution >= 4 is 0 Å². The van der Waals surface area contributed by atoms with Crippen LogP contribution < -0.4 is 5.73 Å². The number of aliphatic hydroxyl groups is 6. The summed E-state index contributed by atoms with van der Waals surface area (Å²) in [5.41, 5.74) is 7.02. The van der Waals surface area contributed by atoms with Crippen LogP contribution in [0.4, 0.5) is 0 Å². The fraction of sp³-hybridized carbons (Fsp3) is 0.684. The van der Waals surface area contributed by atoms with E-state index in [0.717, 1.165) is 5.56 Å². The molecule has 2 heterocycles. The Kier molecular flexibility index (Phi) is 8.12. The Morgan fingerprint density at radius 2 is 1.40 bits per heavy atom. The maximum absolute atomic E-state index is 10.5. The topological polar surface area (TPSA) is 184 Å². The first-order valence-electron chi connectivity index (χ1n) is 9.68. The van der Waals surface area contributed by atoms with E-state index in [1.807, 2.05) is 30.3 Å². The minimum atomic E-state index is -1.67. The molecule has 2 aliphatic rings. The highest BCUT2D eigenvalue weighted by atomic mass is 16.7. The SMILES string of the molecule is NC1[C@H](OCc2ccccc2)OC(CO)[C@@H](O)[C@@H]1O[C@@H]1OC(CO)[C@H](O)[C@H](O)C1O. The van der Waals surface area contributed by atoms with E-state index < -0.39 is 74.6 Å². The molecule has 0 amide bonds. The molecule has 1 aromatic rings. The largest absolute Gasteiger partial charge is 0.394 e. The molecule has 2 fully saturated rings. The lowest BCUT2D eigenvalue weighted by atomic mass is 9.96. The Morgan fingerprint density at radius 1 is 0.800 bits per heavy atom. The molecule has 0 spiro atoms. The summed E-state index contributed by atoms with van der Waals surface area (Å²) in [6, 6.07) is 8.18. The molecule has 0 aliphatic carbocycles. The first-order valence-corrected chi connectivity index (χ1v) is 9.68. The van der Waals surface area contributed by atoms with Crippen LogP contribution in [-0.2, 0) is 25.6 Å². The molecular formula is C19H29NO10. The number of hydrogen-bond donors (Lipinski definition) is 7. The lowest BCUT2D eigenvalue weighted by molar-refractivity contribution is -0.343. The van der Waals surface area contributed by atoms with Gasteiger partial charge in [0.1, 0.15) is 42.7 Å². The minimum absolute atomic E-state index is 0.153. The molecule has 1 aromatic carbocycles. The zero-order chi connectivity index (χ0) is 21.8. The Morgan fingerprint density at radius 3 is 2.03 bits per heavy atom. The molecule has 30 heavy (non-hydrogen) atoms. The van der Waals surface area contributed by atoms with Crippen molar-refractivity contribution in [3.63, 3.8) is 0 Å². The fourth-order valence-electron chi connectivity index (χ4n) is 3.50. The van der Waals surface area contributed by atoms with Gasteiger partial charge in [-0.2, -0.15) is 0 Å². The highest BCUT2D eigenvalue weighted by molar-refractivity contribution is 5.13. The second kappa shape index (κ2) is 10.4. The molecule has 11 heteroatoms. The van der Waals surface area contributed by atoms with E-state index in [2.05, 4.69) is 0 Å². The van der Waals surface area contributed by atoms with Crippen molar-refractivity contribution in [2.24, 2.45) is 5.73 Å². The van der Waals surface area contributed by atoms with E-state index in [1.54, 1.807) is 0 Å². The van der Waals surface area contributed by atoms with Crippen molar-refractivity contribution in [1.82, 2.24) is 0 Å². The fourth-order valence-corrected chi connectivity index (χ4v) is 3.50. The zero-order valence-electron chi connectivity index (χ0n) is 16.2. The van der Waals surface area contributed by atoms with Gasteiger partial charge in [0, 0.05) is 0 Å². The molecule has 8 N–H and O–H groups in total. The van der Waals surface area contributed by atoms with Gasteiger partial charge >= 0.3 is 0 Å². The molecular weight excluding hydrogens is 402 g/mol. The second-order valence-electron chi connectivity index (χ2n) is 7.39. The molecule has 170 valence electrons.